The highest BCUT2D eigenvalue weighted by molar-refractivity contribution is 5.66. The van der Waals surface area contributed by atoms with E-state index >= 15 is 0 Å². The highest BCUT2D eigenvalue weighted by Crippen LogP contribution is 2.32. The van der Waals surface area contributed by atoms with Gasteiger partial charge in [-0.3, -0.25) is 4.68 Å². The Morgan fingerprint density at radius 3 is 2.06 bits per heavy atom. The number of aromatic nitrogens is 2. The fraction of sp³-hybridized carbons (Fsp3) is 0.786. The molecule has 1 aromatic rings. The SMILES string of the molecule is CCC(CC)(CC)Nc1c(N)c(C(C)C)nn1C. The highest BCUT2D eigenvalue weighted by atomic mass is 15.3. The minimum Gasteiger partial charge on any atom is -0.394 e. The number of nitrogens with one attached hydrogen (secondary N) is 1. The first kappa shape index (κ1) is 14.9. The number of nitrogens with zero attached hydrogens (tertiary/aromatic N) is 2. The van der Waals surface area contributed by atoms with E-state index in [-0.39, 0.29) is 5.54 Å². The maximum Gasteiger partial charge on any atom is 0.148 e. The molecule has 0 aliphatic carbocycles. The molecule has 1 aromatic heterocycles. The molecule has 0 spiro atoms. The molecule has 0 amide bonds. The predicted molar refractivity (Wildman–Crippen MR) is 78.9 cm³/mol. The molecule has 3 N–H and O–H groups in total. The van der Waals surface area contributed by atoms with Gasteiger partial charge < -0.3 is 11.1 Å². The zero-order valence-corrected chi connectivity index (χ0v) is 12.7. The normalized spacial score (nSPS) is 12.2. The molecule has 0 saturated heterocycles. The molecular formula is C14H28N4. The van der Waals surface area contributed by atoms with Gasteiger partial charge in [0.1, 0.15) is 5.82 Å². The second-order valence-electron chi connectivity index (χ2n) is 5.39. The van der Waals surface area contributed by atoms with Gasteiger partial charge in [-0.1, -0.05) is 34.6 Å². The van der Waals surface area contributed by atoms with E-state index in [2.05, 4.69) is 45.0 Å². The first-order valence-corrected chi connectivity index (χ1v) is 7.01. The van der Waals surface area contributed by atoms with Crippen LogP contribution in [0.1, 0.15) is 65.5 Å². The smallest absolute Gasteiger partial charge is 0.148 e. The average molecular weight is 252 g/mol. The molecule has 0 atom stereocenters. The van der Waals surface area contributed by atoms with Crippen LogP contribution < -0.4 is 11.1 Å². The largest absolute Gasteiger partial charge is 0.394 e. The summed E-state index contributed by atoms with van der Waals surface area (Å²) in [4.78, 5) is 0. The minimum atomic E-state index is 0.121. The van der Waals surface area contributed by atoms with Crippen molar-refractivity contribution >= 4 is 11.5 Å². The summed E-state index contributed by atoms with van der Waals surface area (Å²) in [6, 6.07) is 0. The van der Waals surface area contributed by atoms with Crippen LogP contribution in [-0.4, -0.2) is 15.3 Å². The summed E-state index contributed by atoms with van der Waals surface area (Å²) in [6.07, 6.45) is 3.25. The average Bonchev–Trinajstić information content (AvgIpc) is 2.63. The molecular weight excluding hydrogens is 224 g/mol. The van der Waals surface area contributed by atoms with E-state index in [1.54, 1.807) is 0 Å². The van der Waals surface area contributed by atoms with Gasteiger partial charge >= 0.3 is 0 Å². The minimum absolute atomic E-state index is 0.121. The van der Waals surface area contributed by atoms with Crippen LogP contribution >= 0.6 is 0 Å². The van der Waals surface area contributed by atoms with Crippen LogP contribution in [0.5, 0.6) is 0 Å². The quantitative estimate of drug-likeness (QED) is 0.814. The second kappa shape index (κ2) is 5.63. The van der Waals surface area contributed by atoms with Gasteiger partial charge in [-0.15, -0.1) is 0 Å². The third-order valence-electron chi connectivity index (χ3n) is 4.07. The topological polar surface area (TPSA) is 55.9 Å². The molecule has 4 heteroatoms. The lowest BCUT2D eigenvalue weighted by atomic mass is 9.90. The summed E-state index contributed by atoms with van der Waals surface area (Å²) in [6.45, 7) is 10.9. The van der Waals surface area contributed by atoms with Crippen molar-refractivity contribution in [2.45, 2.75) is 65.3 Å². The molecule has 0 aliphatic heterocycles. The van der Waals surface area contributed by atoms with Crippen LogP contribution in [0.15, 0.2) is 0 Å². The number of aryl methyl sites for hydroxylation is 1. The first-order valence-electron chi connectivity index (χ1n) is 7.01. The fourth-order valence-corrected chi connectivity index (χ4v) is 2.40. The van der Waals surface area contributed by atoms with E-state index in [1.165, 1.54) is 0 Å². The van der Waals surface area contributed by atoms with Crippen molar-refractivity contribution in [3.63, 3.8) is 0 Å². The summed E-state index contributed by atoms with van der Waals surface area (Å²) in [5.41, 5.74) is 8.13. The Kier molecular flexibility index (Phi) is 4.65. The summed E-state index contributed by atoms with van der Waals surface area (Å²) < 4.78 is 1.88. The van der Waals surface area contributed by atoms with Gasteiger partial charge in [0.15, 0.2) is 0 Å². The van der Waals surface area contributed by atoms with Crippen molar-refractivity contribution in [2.24, 2.45) is 7.05 Å². The highest BCUT2D eigenvalue weighted by Gasteiger charge is 2.27. The molecule has 0 bridgehead atoms. The molecule has 1 rings (SSSR count). The molecule has 104 valence electrons. The Balaban J connectivity index is 3.11. The van der Waals surface area contributed by atoms with Gasteiger partial charge in [0.2, 0.25) is 0 Å². The number of hydrogen-bond donors (Lipinski definition) is 2. The van der Waals surface area contributed by atoms with E-state index in [4.69, 9.17) is 5.73 Å². The first-order chi connectivity index (χ1) is 8.40. The van der Waals surface area contributed by atoms with Gasteiger partial charge in [0.05, 0.1) is 11.4 Å². The molecule has 1 heterocycles. The van der Waals surface area contributed by atoms with Crippen molar-refractivity contribution in [1.82, 2.24) is 9.78 Å². The zero-order chi connectivity index (χ0) is 13.9. The Morgan fingerprint density at radius 1 is 1.22 bits per heavy atom. The summed E-state index contributed by atoms with van der Waals surface area (Å²) >= 11 is 0. The van der Waals surface area contributed by atoms with Crippen LogP contribution in [0.3, 0.4) is 0 Å². The standard InChI is InChI=1S/C14H28N4/c1-7-14(8-2,9-3)16-13-11(15)12(10(4)5)17-18(13)6/h10,16H,7-9,15H2,1-6H3. The molecule has 0 saturated carbocycles. The Bertz CT molecular complexity index is 380. The Labute approximate surface area is 111 Å². The zero-order valence-electron chi connectivity index (χ0n) is 12.7. The van der Waals surface area contributed by atoms with Crippen molar-refractivity contribution in [2.75, 3.05) is 11.1 Å². The molecule has 0 aromatic carbocycles. The predicted octanol–water partition coefficient (Wildman–Crippen LogP) is 3.51. The second-order valence-corrected chi connectivity index (χ2v) is 5.39. The number of nitrogens with two attached hydrogens (primary N) is 1. The lowest BCUT2D eigenvalue weighted by Crippen LogP contribution is -2.37. The maximum absolute atomic E-state index is 6.23. The molecule has 4 nitrogen and oxygen atoms in total. The molecule has 18 heavy (non-hydrogen) atoms. The van der Waals surface area contributed by atoms with E-state index in [1.807, 2.05) is 11.7 Å². The van der Waals surface area contributed by atoms with Crippen molar-refractivity contribution in [1.29, 1.82) is 0 Å². The third kappa shape index (κ3) is 2.62. The molecule has 0 aliphatic rings. The fourth-order valence-electron chi connectivity index (χ4n) is 2.40. The van der Waals surface area contributed by atoms with Gasteiger partial charge in [-0.2, -0.15) is 5.10 Å². The number of nitrogen functional groups attached to an aromatic ring is 1. The van der Waals surface area contributed by atoms with E-state index in [9.17, 15) is 0 Å². The number of rotatable bonds is 6. The van der Waals surface area contributed by atoms with Crippen molar-refractivity contribution in [3.8, 4) is 0 Å². The van der Waals surface area contributed by atoms with Crippen LogP contribution in [0.2, 0.25) is 0 Å². The van der Waals surface area contributed by atoms with Crippen LogP contribution in [-0.2, 0) is 7.05 Å². The monoisotopic (exact) mass is 252 g/mol. The Hall–Kier alpha value is -1.19. The van der Waals surface area contributed by atoms with Crippen molar-refractivity contribution in [3.05, 3.63) is 5.69 Å². The van der Waals surface area contributed by atoms with Crippen LogP contribution in [0.4, 0.5) is 11.5 Å². The van der Waals surface area contributed by atoms with Crippen LogP contribution in [0.25, 0.3) is 0 Å². The van der Waals surface area contributed by atoms with Gasteiger partial charge in [-0.05, 0) is 25.2 Å². The van der Waals surface area contributed by atoms with Crippen LogP contribution in [0, 0.1) is 0 Å². The van der Waals surface area contributed by atoms with E-state index in [0.29, 0.717) is 5.92 Å². The summed E-state index contributed by atoms with van der Waals surface area (Å²) in [5, 5.41) is 8.15. The van der Waals surface area contributed by atoms with Crippen molar-refractivity contribution < 1.29 is 0 Å². The number of hydrogen-bond acceptors (Lipinski definition) is 3. The number of anilines is 2. The lowest BCUT2D eigenvalue weighted by molar-refractivity contribution is 0.416. The van der Waals surface area contributed by atoms with Gasteiger partial charge in [-0.25, -0.2) is 0 Å². The lowest BCUT2D eigenvalue weighted by Gasteiger charge is -2.33. The maximum atomic E-state index is 6.23. The van der Waals surface area contributed by atoms with E-state index < -0.39 is 0 Å². The molecule has 0 unspecified atom stereocenters. The molecule has 0 fully saturated rings. The summed E-state index contributed by atoms with van der Waals surface area (Å²) in [7, 11) is 1.95. The van der Waals surface area contributed by atoms with Gasteiger partial charge in [0.25, 0.3) is 0 Å². The third-order valence-corrected chi connectivity index (χ3v) is 4.07. The Morgan fingerprint density at radius 2 is 1.72 bits per heavy atom. The molecule has 0 radical (unpaired) electrons. The van der Waals surface area contributed by atoms with Gasteiger partial charge in [0, 0.05) is 12.6 Å². The van der Waals surface area contributed by atoms with E-state index in [0.717, 1.165) is 36.5 Å². The summed E-state index contributed by atoms with van der Waals surface area (Å²) in [5.74, 6) is 1.32.